The molecule has 0 fully saturated rings. The molecule has 6 heteroatoms. The lowest BCUT2D eigenvalue weighted by Gasteiger charge is -2.12. The van der Waals surface area contributed by atoms with Crippen LogP contribution >= 0.6 is 0 Å². The van der Waals surface area contributed by atoms with E-state index in [4.69, 9.17) is 0 Å². The van der Waals surface area contributed by atoms with E-state index in [2.05, 4.69) is 20.8 Å². The Hall–Kier alpha value is -2.47. The third-order valence-electron chi connectivity index (χ3n) is 2.63. The van der Waals surface area contributed by atoms with Crippen molar-refractivity contribution >= 4 is 11.8 Å². The van der Waals surface area contributed by atoms with Crippen molar-refractivity contribution in [3.8, 4) is 0 Å². The SMILES string of the molecule is O=C(NCC(O)Cc1ccccc1)Nc1cccnn1. The fraction of sp³-hybridized carbons (Fsp3) is 0.214. The highest BCUT2D eigenvalue weighted by Crippen LogP contribution is 2.02. The summed E-state index contributed by atoms with van der Waals surface area (Å²) in [4.78, 5) is 11.6. The second-order valence-corrected chi connectivity index (χ2v) is 4.29. The van der Waals surface area contributed by atoms with Gasteiger partial charge in [-0.05, 0) is 17.7 Å². The first kappa shape index (κ1) is 14.0. The molecule has 6 nitrogen and oxygen atoms in total. The molecule has 1 atom stereocenters. The molecular formula is C14H16N4O2. The van der Waals surface area contributed by atoms with Crippen LogP contribution in [0.5, 0.6) is 0 Å². The number of anilines is 1. The molecule has 1 aromatic heterocycles. The van der Waals surface area contributed by atoms with Crippen molar-refractivity contribution in [2.24, 2.45) is 0 Å². The van der Waals surface area contributed by atoms with Crippen LogP contribution in [-0.4, -0.2) is 34.0 Å². The van der Waals surface area contributed by atoms with Crippen LogP contribution in [0.15, 0.2) is 48.7 Å². The number of hydrogen-bond donors (Lipinski definition) is 3. The fourth-order valence-corrected chi connectivity index (χ4v) is 1.70. The van der Waals surface area contributed by atoms with Gasteiger partial charge in [0.1, 0.15) is 0 Å². The van der Waals surface area contributed by atoms with E-state index >= 15 is 0 Å². The smallest absolute Gasteiger partial charge is 0.320 e. The first-order chi connectivity index (χ1) is 9.74. The topological polar surface area (TPSA) is 87.1 Å². The molecule has 1 aromatic carbocycles. The molecule has 0 saturated heterocycles. The molecule has 0 bridgehead atoms. The summed E-state index contributed by atoms with van der Waals surface area (Å²) in [6.07, 6.45) is 1.38. The van der Waals surface area contributed by atoms with Crippen molar-refractivity contribution in [3.05, 3.63) is 54.2 Å². The van der Waals surface area contributed by atoms with Gasteiger partial charge in [0, 0.05) is 19.2 Å². The summed E-state index contributed by atoms with van der Waals surface area (Å²) < 4.78 is 0. The highest BCUT2D eigenvalue weighted by Gasteiger charge is 2.08. The Labute approximate surface area is 116 Å². The van der Waals surface area contributed by atoms with Gasteiger partial charge in [0.15, 0.2) is 5.82 Å². The lowest BCUT2D eigenvalue weighted by atomic mass is 10.1. The molecule has 2 aromatic rings. The van der Waals surface area contributed by atoms with E-state index in [1.54, 1.807) is 12.1 Å². The number of aliphatic hydroxyl groups excluding tert-OH is 1. The van der Waals surface area contributed by atoms with Gasteiger partial charge in [0.25, 0.3) is 0 Å². The highest BCUT2D eigenvalue weighted by molar-refractivity contribution is 5.87. The van der Waals surface area contributed by atoms with Gasteiger partial charge in [0.05, 0.1) is 6.10 Å². The molecule has 1 heterocycles. The molecule has 0 radical (unpaired) electrons. The van der Waals surface area contributed by atoms with Gasteiger partial charge in [-0.15, -0.1) is 5.10 Å². The van der Waals surface area contributed by atoms with Crippen LogP contribution in [0.25, 0.3) is 0 Å². The second-order valence-electron chi connectivity index (χ2n) is 4.29. The summed E-state index contributed by atoms with van der Waals surface area (Å²) in [7, 11) is 0. The van der Waals surface area contributed by atoms with Crippen molar-refractivity contribution in [3.63, 3.8) is 0 Å². The standard InChI is InChI=1S/C14H16N4O2/c19-12(9-11-5-2-1-3-6-11)10-15-14(20)17-13-7-4-8-16-18-13/h1-8,12,19H,9-10H2,(H2,15,17,18,20). The molecule has 20 heavy (non-hydrogen) atoms. The Morgan fingerprint density at radius 3 is 2.70 bits per heavy atom. The molecular weight excluding hydrogens is 256 g/mol. The van der Waals surface area contributed by atoms with Crippen molar-refractivity contribution in [1.82, 2.24) is 15.5 Å². The van der Waals surface area contributed by atoms with Gasteiger partial charge < -0.3 is 10.4 Å². The number of benzene rings is 1. The molecule has 0 spiro atoms. The number of nitrogens with one attached hydrogen (secondary N) is 2. The molecule has 0 aliphatic carbocycles. The largest absolute Gasteiger partial charge is 0.391 e. The Kier molecular flexibility index (Phi) is 5.02. The predicted molar refractivity (Wildman–Crippen MR) is 75.2 cm³/mol. The number of rotatable bonds is 5. The van der Waals surface area contributed by atoms with Gasteiger partial charge in [-0.1, -0.05) is 30.3 Å². The van der Waals surface area contributed by atoms with Crippen molar-refractivity contribution < 1.29 is 9.90 Å². The third-order valence-corrected chi connectivity index (χ3v) is 2.63. The van der Waals surface area contributed by atoms with Gasteiger partial charge in [0.2, 0.25) is 0 Å². The summed E-state index contributed by atoms with van der Waals surface area (Å²) in [6, 6.07) is 12.5. The maximum Gasteiger partial charge on any atom is 0.320 e. The monoisotopic (exact) mass is 272 g/mol. The van der Waals surface area contributed by atoms with Crippen LogP contribution in [0, 0.1) is 0 Å². The second kappa shape index (κ2) is 7.20. The number of nitrogens with zero attached hydrogens (tertiary/aromatic N) is 2. The van der Waals surface area contributed by atoms with Gasteiger partial charge in [-0.25, -0.2) is 4.79 Å². The van der Waals surface area contributed by atoms with Gasteiger partial charge in [-0.2, -0.15) is 5.10 Å². The van der Waals surface area contributed by atoms with Crippen LogP contribution in [-0.2, 0) is 6.42 Å². The molecule has 1 unspecified atom stereocenters. The molecule has 2 rings (SSSR count). The van der Waals surface area contributed by atoms with Crippen LogP contribution < -0.4 is 10.6 Å². The minimum Gasteiger partial charge on any atom is -0.391 e. The maximum atomic E-state index is 11.6. The molecule has 104 valence electrons. The number of hydrogen-bond acceptors (Lipinski definition) is 4. The zero-order valence-corrected chi connectivity index (χ0v) is 10.9. The highest BCUT2D eigenvalue weighted by atomic mass is 16.3. The average molecular weight is 272 g/mol. The number of aromatic nitrogens is 2. The minimum absolute atomic E-state index is 0.168. The lowest BCUT2D eigenvalue weighted by Crippen LogP contribution is -2.36. The van der Waals surface area contributed by atoms with E-state index in [1.165, 1.54) is 6.20 Å². The predicted octanol–water partition coefficient (Wildman–Crippen LogP) is 1.20. The summed E-state index contributed by atoms with van der Waals surface area (Å²) in [6.45, 7) is 0.168. The zero-order chi connectivity index (χ0) is 14.2. The van der Waals surface area contributed by atoms with E-state index in [1.807, 2.05) is 30.3 Å². The Morgan fingerprint density at radius 1 is 1.20 bits per heavy atom. The zero-order valence-electron chi connectivity index (χ0n) is 10.9. The van der Waals surface area contributed by atoms with Crippen molar-refractivity contribution in [1.29, 1.82) is 0 Å². The molecule has 0 aliphatic rings. The van der Waals surface area contributed by atoms with E-state index in [-0.39, 0.29) is 6.54 Å². The quantitative estimate of drug-likeness (QED) is 0.763. The van der Waals surface area contributed by atoms with E-state index < -0.39 is 12.1 Å². The van der Waals surface area contributed by atoms with Gasteiger partial charge in [-0.3, -0.25) is 5.32 Å². The first-order valence-corrected chi connectivity index (χ1v) is 6.28. The fourth-order valence-electron chi connectivity index (χ4n) is 1.70. The Morgan fingerprint density at radius 2 is 2.00 bits per heavy atom. The molecule has 0 saturated carbocycles. The van der Waals surface area contributed by atoms with E-state index in [0.717, 1.165) is 5.56 Å². The molecule has 2 amide bonds. The van der Waals surface area contributed by atoms with Crippen LogP contribution in [0.3, 0.4) is 0 Å². The first-order valence-electron chi connectivity index (χ1n) is 6.28. The number of carbonyl (C=O) groups excluding carboxylic acids is 1. The average Bonchev–Trinajstić information content (AvgIpc) is 2.47. The van der Waals surface area contributed by atoms with E-state index in [0.29, 0.717) is 12.2 Å². The molecule has 3 N–H and O–H groups in total. The third kappa shape index (κ3) is 4.66. The Balaban J connectivity index is 1.73. The lowest BCUT2D eigenvalue weighted by molar-refractivity contribution is 0.172. The summed E-state index contributed by atoms with van der Waals surface area (Å²) in [5, 5.41) is 22.3. The summed E-state index contributed by atoms with van der Waals surface area (Å²) in [5.74, 6) is 0.363. The van der Waals surface area contributed by atoms with Crippen LogP contribution in [0.4, 0.5) is 10.6 Å². The van der Waals surface area contributed by atoms with Crippen molar-refractivity contribution in [2.45, 2.75) is 12.5 Å². The van der Waals surface area contributed by atoms with Crippen molar-refractivity contribution in [2.75, 3.05) is 11.9 Å². The van der Waals surface area contributed by atoms with Crippen LogP contribution in [0.1, 0.15) is 5.56 Å². The normalized spacial score (nSPS) is 11.7. The maximum absolute atomic E-state index is 11.6. The molecule has 0 aliphatic heterocycles. The minimum atomic E-state index is -0.634. The van der Waals surface area contributed by atoms with Gasteiger partial charge >= 0.3 is 6.03 Å². The number of amides is 2. The summed E-state index contributed by atoms with van der Waals surface area (Å²) in [5.41, 5.74) is 1.02. The number of carbonyl (C=O) groups is 1. The van der Waals surface area contributed by atoms with E-state index in [9.17, 15) is 9.90 Å². The summed E-state index contributed by atoms with van der Waals surface area (Å²) >= 11 is 0. The van der Waals surface area contributed by atoms with Crippen LogP contribution in [0.2, 0.25) is 0 Å². The number of urea groups is 1. The Bertz CT molecular complexity index is 533. The number of aliphatic hydroxyl groups is 1.